The van der Waals surface area contributed by atoms with Gasteiger partial charge in [-0.1, -0.05) is 19.8 Å². The second kappa shape index (κ2) is 4.98. The lowest BCUT2D eigenvalue weighted by atomic mass is 10.0. The maximum atomic E-state index is 13.0. The van der Waals surface area contributed by atoms with Crippen molar-refractivity contribution >= 4 is 5.69 Å². The standard InChI is InChI=1S/C13H16F3N/c1-2-8-4-3-5-12(8)17-9-6-10(14)13(16)11(15)7-9/h6-8,12,17H,2-5H2,1H3. The van der Waals surface area contributed by atoms with E-state index in [1.807, 2.05) is 0 Å². The highest BCUT2D eigenvalue weighted by molar-refractivity contribution is 5.45. The molecular weight excluding hydrogens is 227 g/mol. The molecule has 2 atom stereocenters. The molecule has 0 aromatic heterocycles. The molecule has 1 fully saturated rings. The van der Waals surface area contributed by atoms with Crippen LogP contribution in [0.3, 0.4) is 0 Å². The molecule has 1 aromatic rings. The van der Waals surface area contributed by atoms with Crippen LogP contribution in [0.25, 0.3) is 0 Å². The van der Waals surface area contributed by atoms with Gasteiger partial charge in [-0.25, -0.2) is 13.2 Å². The molecule has 1 aliphatic rings. The van der Waals surface area contributed by atoms with Gasteiger partial charge in [-0.05, 0) is 18.8 Å². The lowest BCUT2D eigenvalue weighted by molar-refractivity contribution is 0.446. The quantitative estimate of drug-likeness (QED) is 0.788. The minimum Gasteiger partial charge on any atom is -0.382 e. The molecule has 0 saturated heterocycles. The summed E-state index contributed by atoms with van der Waals surface area (Å²) >= 11 is 0. The van der Waals surface area contributed by atoms with Crippen molar-refractivity contribution in [2.75, 3.05) is 5.32 Å². The maximum Gasteiger partial charge on any atom is 0.194 e. The molecule has 0 spiro atoms. The summed E-state index contributed by atoms with van der Waals surface area (Å²) in [5.74, 6) is -3.16. The Morgan fingerprint density at radius 3 is 2.41 bits per heavy atom. The van der Waals surface area contributed by atoms with Crippen LogP contribution in [0.4, 0.5) is 18.9 Å². The summed E-state index contributed by atoms with van der Waals surface area (Å²) in [6.07, 6.45) is 4.31. The van der Waals surface area contributed by atoms with Crippen LogP contribution in [0.1, 0.15) is 32.6 Å². The zero-order valence-corrected chi connectivity index (χ0v) is 9.77. The Morgan fingerprint density at radius 2 is 1.82 bits per heavy atom. The van der Waals surface area contributed by atoms with E-state index in [1.54, 1.807) is 0 Å². The number of hydrogen-bond acceptors (Lipinski definition) is 1. The first-order valence-electron chi connectivity index (χ1n) is 6.03. The van der Waals surface area contributed by atoms with Crippen molar-refractivity contribution in [2.45, 2.75) is 38.6 Å². The molecule has 94 valence electrons. The number of nitrogens with one attached hydrogen (secondary N) is 1. The van der Waals surface area contributed by atoms with Gasteiger partial charge in [0.15, 0.2) is 17.5 Å². The summed E-state index contributed by atoms with van der Waals surface area (Å²) in [6, 6.07) is 2.27. The first kappa shape index (κ1) is 12.3. The zero-order valence-electron chi connectivity index (χ0n) is 9.77. The van der Waals surface area contributed by atoms with Crippen LogP contribution < -0.4 is 5.32 Å². The average molecular weight is 243 g/mol. The summed E-state index contributed by atoms with van der Waals surface area (Å²) in [7, 11) is 0. The van der Waals surface area contributed by atoms with E-state index in [2.05, 4.69) is 12.2 Å². The van der Waals surface area contributed by atoms with Gasteiger partial charge in [0.05, 0.1) is 0 Å². The minimum absolute atomic E-state index is 0.240. The second-order valence-electron chi connectivity index (χ2n) is 4.60. The van der Waals surface area contributed by atoms with Gasteiger partial charge in [-0.3, -0.25) is 0 Å². The summed E-state index contributed by atoms with van der Waals surface area (Å²) in [4.78, 5) is 0. The van der Waals surface area contributed by atoms with Crippen molar-refractivity contribution in [1.29, 1.82) is 0 Å². The largest absolute Gasteiger partial charge is 0.382 e. The predicted octanol–water partition coefficient (Wildman–Crippen LogP) is 4.09. The highest BCUT2D eigenvalue weighted by Gasteiger charge is 2.26. The maximum absolute atomic E-state index is 13.0. The first-order chi connectivity index (χ1) is 8.11. The Kier molecular flexibility index (Phi) is 3.60. The molecule has 0 aliphatic heterocycles. The molecule has 0 radical (unpaired) electrons. The Bertz CT molecular complexity index is 383. The van der Waals surface area contributed by atoms with E-state index in [1.165, 1.54) is 0 Å². The monoisotopic (exact) mass is 243 g/mol. The molecular formula is C13H16F3N. The van der Waals surface area contributed by atoms with Crippen LogP contribution in [-0.4, -0.2) is 6.04 Å². The first-order valence-corrected chi connectivity index (χ1v) is 6.03. The third-order valence-corrected chi connectivity index (χ3v) is 3.52. The lowest BCUT2D eigenvalue weighted by Gasteiger charge is -2.21. The fraction of sp³-hybridized carbons (Fsp3) is 0.538. The van der Waals surface area contributed by atoms with Crippen molar-refractivity contribution < 1.29 is 13.2 Å². The van der Waals surface area contributed by atoms with E-state index in [0.29, 0.717) is 11.6 Å². The summed E-state index contributed by atoms with van der Waals surface area (Å²) in [5, 5.41) is 3.10. The van der Waals surface area contributed by atoms with Gasteiger partial charge in [-0.2, -0.15) is 0 Å². The van der Waals surface area contributed by atoms with Gasteiger partial charge in [0, 0.05) is 23.9 Å². The normalized spacial score (nSPS) is 24.0. The molecule has 0 bridgehead atoms. The Morgan fingerprint density at radius 1 is 1.18 bits per heavy atom. The van der Waals surface area contributed by atoms with Gasteiger partial charge < -0.3 is 5.32 Å². The molecule has 17 heavy (non-hydrogen) atoms. The van der Waals surface area contributed by atoms with Crippen LogP contribution in [-0.2, 0) is 0 Å². The topological polar surface area (TPSA) is 12.0 Å². The molecule has 0 amide bonds. The predicted molar refractivity (Wildman–Crippen MR) is 61.4 cm³/mol. The van der Waals surface area contributed by atoms with Crippen LogP contribution in [0.5, 0.6) is 0 Å². The Hall–Kier alpha value is -1.19. The molecule has 1 saturated carbocycles. The third-order valence-electron chi connectivity index (χ3n) is 3.52. The molecule has 4 heteroatoms. The van der Waals surface area contributed by atoms with Crippen molar-refractivity contribution in [1.82, 2.24) is 0 Å². The van der Waals surface area contributed by atoms with Gasteiger partial charge >= 0.3 is 0 Å². The van der Waals surface area contributed by atoms with Gasteiger partial charge in [0.1, 0.15) is 0 Å². The Labute approximate surface area is 99.0 Å². The van der Waals surface area contributed by atoms with E-state index >= 15 is 0 Å². The molecule has 2 unspecified atom stereocenters. The SMILES string of the molecule is CCC1CCCC1Nc1cc(F)c(F)c(F)c1. The van der Waals surface area contributed by atoms with Crippen molar-refractivity contribution in [2.24, 2.45) is 5.92 Å². The highest BCUT2D eigenvalue weighted by atomic mass is 19.2. The molecule has 1 nitrogen and oxygen atoms in total. The minimum atomic E-state index is -1.41. The van der Waals surface area contributed by atoms with Gasteiger partial charge in [-0.15, -0.1) is 0 Å². The number of rotatable bonds is 3. The van der Waals surface area contributed by atoms with Gasteiger partial charge in [0.25, 0.3) is 0 Å². The van der Waals surface area contributed by atoms with Gasteiger partial charge in [0.2, 0.25) is 0 Å². The fourth-order valence-corrected chi connectivity index (χ4v) is 2.57. The number of anilines is 1. The van der Waals surface area contributed by atoms with Crippen LogP contribution in [0.2, 0.25) is 0 Å². The Balaban J connectivity index is 2.13. The molecule has 2 rings (SSSR count). The van der Waals surface area contributed by atoms with E-state index in [-0.39, 0.29) is 6.04 Å². The number of halogens is 3. The average Bonchev–Trinajstić information content (AvgIpc) is 2.73. The molecule has 0 heterocycles. The van der Waals surface area contributed by atoms with Crippen molar-refractivity contribution in [3.05, 3.63) is 29.6 Å². The molecule has 1 aliphatic carbocycles. The van der Waals surface area contributed by atoms with E-state index < -0.39 is 17.5 Å². The highest BCUT2D eigenvalue weighted by Crippen LogP contribution is 2.31. The number of hydrogen-bond donors (Lipinski definition) is 1. The van der Waals surface area contributed by atoms with Crippen LogP contribution >= 0.6 is 0 Å². The second-order valence-corrected chi connectivity index (χ2v) is 4.60. The third kappa shape index (κ3) is 2.56. The summed E-state index contributed by atoms with van der Waals surface area (Å²) in [6.45, 7) is 2.11. The van der Waals surface area contributed by atoms with E-state index in [9.17, 15) is 13.2 Å². The van der Waals surface area contributed by atoms with Crippen molar-refractivity contribution in [3.8, 4) is 0 Å². The molecule has 1 N–H and O–H groups in total. The van der Waals surface area contributed by atoms with E-state index in [4.69, 9.17) is 0 Å². The van der Waals surface area contributed by atoms with Crippen LogP contribution in [0.15, 0.2) is 12.1 Å². The van der Waals surface area contributed by atoms with Crippen LogP contribution in [0, 0.1) is 23.4 Å². The zero-order chi connectivity index (χ0) is 12.4. The van der Waals surface area contributed by atoms with E-state index in [0.717, 1.165) is 37.8 Å². The van der Waals surface area contributed by atoms with Crippen molar-refractivity contribution in [3.63, 3.8) is 0 Å². The summed E-state index contributed by atoms with van der Waals surface area (Å²) < 4.78 is 38.9. The summed E-state index contributed by atoms with van der Waals surface area (Å²) in [5.41, 5.74) is 0.326. The lowest BCUT2D eigenvalue weighted by Crippen LogP contribution is -2.23. The molecule has 1 aromatic carbocycles. The number of benzene rings is 1. The fourth-order valence-electron chi connectivity index (χ4n) is 2.57. The smallest absolute Gasteiger partial charge is 0.194 e.